The van der Waals surface area contributed by atoms with Crippen LogP contribution < -0.4 is 0 Å². The van der Waals surface area contributed by atoms with Crippen LogP contribution >= 0.6 is 15.9 Å². The molecule has 0 radical (unpaired) electrons. The van der Waals surface area contributed by atoms with Crippen LogP contribution in [0, 0.1) is 11.3 Å². The van der Waals surface area contributed by atoms with E-state index in [0.29, 0.717) is 10.7 Å². The molecule has 1 aliphatic rings. The summed E-state index contributed by atoms with van der Waals surface area (Å²) in [5.41, 5.74) is 0.184. The van der Waals surface area contributed by atoms with Crippen LogP contribution in [0.2, 0.25) is 0 Å². The second-order valence-electron chi connectivity index (χ2n) is 6.12. The maximum Gasteiger partial charge on any atom is 0.225 e. The number of amides is 1. The third-order valence-corrected chi connectivity index (χ3v) is 4.50. The van der Waals surface area contributed by atoms with E-state index in [2.05, 4.69) is 36.7 Å². The maximum absolute atomic E-state index is 12.4. The maximum atomic E-state index is 12.4. The Hall–Kier alpha value is -0.0500. The summed E-state index contributed by atoms with van der Waals surface area (Å²) in [7, 11) is 1.95. The van der Waals surface area contributed by atoms with Gasteiger partial charge in [0.1, 0.15) is 0 Å². The van der Waals surface area contributed by atoms with Crippen molar-refractivity contribution in [3.8, 4) is 0 Å². The number of alkyl halides is 1. The number of hydrogen-bond donors (Lipinski definition) is 0. The molecule has 2 atom stereocenters. The molecular weight excluding hydrogens is 278 g/mol. The van der Waals surface area contributed by atoms with Crippen LogP contribution in [0.4, 0.5) is 0 Å². The molecule has 0 saturated heterocycles. The lowest BCUT2D eigenvalue weighted by Crippen LogP contribution is -2.42. The van der Waals surface area contributed by atoms with E-state index >= 15 is 0 Å². The SMILES string of the molecule is CC(Br)CCN(C)C(=O)C1CCCCC1(C)C. The van der Waals surface area contributed by atoms with E-state index in [9.17, 15) is 4.79 Å². The Morgan fingerprint density at radius 1 is 1.47 bits per heavy atom. The van der Waals surface area contributed by atoms with Crippen molar-refractivity contribution < 1.29 is 4.79 Å². The van der Waals surface area contributed by atoms with Crippen molar-refractivity contribution in [2.75, 3.05) is 13.6 Å². The fourth-order valence-electron chi connectivity index (χ4n) is 2.70. The molecule has 0 heterocycles. The van der Waals surface area contributed by atoms with Gasteiger partial charge >= 0.3 is 0 Å². The van der Waals surface area contributed by atoms with Gasteiger partial charge in [-0.05, 0) is 24.7 Å². The summed E-state index contributed by atoms with van der Waals surface area (Å²) in [6.07, 6.45) is 5.77. The lowest BCUT2D eigenvalue weighted by atomic mass is 9.68. The van der Waals surface area contributed by atoms with Gasteiger partial charge in [-0.25, -0.2) is 0 Å². The second-order valence-corrected chi connectivity index (χ2v) is 7.68. The predicted molar refractivity (Wildman–Crippen MR) is 76.4 cm³/mol. The summed E-state index contributed by atoms with van der Waals surface area (Å²) >= 11 is 3.53. The molecule has 0 N–H and O–H groups in total. The number of carbonyl (C=O) groups excluding carboxylic acids is 1. The summed E-state index contributed by atoms with van der Waals surface area (Å²) in [6.45, 7) is 7.48. The van der Waals surface area contributed by atoms with Crippen molar-refractivity contribution in [1.29, 1.82) is 0 Å². The van der Waals surface area contributed by atoms with Gasteiger partial charge in [0.15, 0.2) is 0 Å². The van der Waals surface area contributed by atoms with Crippen molar-refractivity contribution in [2.45, 2.75) is 57.7 Å². The zero-order valence-electron chi connectivity index (χ0n) is 11.6. The number of carbonyl (C=O) groups is 1. The summed E-state index contributed by atoms with van der Waals surface area (Å²) in [5.74, 6) is 0.578. The summed E-state index contributed by atoms with van der Waals surface area (Å²) in [6, 6.07) is 0. The molecular formula is C14H26BrNO. The van der Waals surface area contributed by atoms with E-state index in [1.54, 1.807) is 0 Å². The molecule has 2 nitrogen and oxygen atoms in total. The lowest BCUT2D eigenvalue weighted by Gasteiger charge is -2.39. The number of rotatable bonds is 4. The molecule has 0 aromatic heterocycles. The highest BCUT2D eigenvalue weighted by molar-refractivity contribution is 9.09. The Labute approximate surface area is 114 Å². The van der Waals surface area contributed by atoms with Crippen molar-refractivity contribution in [2.24, 2.45) is 11.3 Å². The van der Waals surface area contributed by atoms with Crippen molar-refractivity contribution in [3.63, 3.8) is 0 Å². The smallest absolute Gasteiger partial charge is 0.225 e. The zero-order valence-corrected chi connectivity index (χ0v) is 13.2. The van der Waals surface area contributed by atoms with Gasteiger partial charge in [0.05, 0.1) is 0 Å². The van der Waals surface area contributed by atoms with Crippen molar-refractivity contribution in [3.05, 3.63) is 0 Å². The summed E-state index contributed by atoms with van der Waals surface area (Å²) in [5, 5.41) is 0. The van der Waals surface area contributed by atoms with Gasteiger partial charge in [0.25, 0.3) is 0 Å². The largest absolute Gasteiger partial charge is 0.345 e. The molecule has 1 fully saturated rings. The number of halogens is 1. The first-order chi connectivity index (χ1) is 7.84. The molecule has 0 aliphatic heterocycles. The van der Waals surface area contributed by atoms with Gasteiger partial charge in [-0.1, -0.05) is 49.5 Å². The van der Waals surface area contributed by atoms with Crippen LogP contribution in [-0.2, 0) is 4.79 Å². The van der Waals surface area contributed by atoms with Gasteiger partial charge in [-0.3, -0.25) is 4.79 Å². The topological polar surface area (TPSA) is 20.3 Å². The van der Waals surface area contributed by atoms with Gasteiger partial charge < -0.3 is 4.90 Å². The normalized spacial score (nSPS) is 25.4. The van der Waals surface area contributed by atoms with Crippen LogP contribution in [0.15, 0.2) is 0 Å². The van der Waals surface area contributed by atoms with Crippen LogP contribution in [0.25, 0.3) is 0 Å². The molecule has 3 heteroatoms. The first-order valence-electron chi connectivity index (χ1n) is 6.73. The van der Waals surface area contributed by atoms with E-state index in [1.165, 1.54) is 19.3 Å². The molecule has 0 aromatic carbocycles. The summed E-state index contributed by atoms with van der Waals surface area (Å²) < 4.78 is 0. The molecule has 1 saturated carbocycles. The fourth-order valence-corrected chi connectivity index (χ4v) is 2.90. The van der Waals surface area contributed by atoms with E-state index in [0.717, 1.165) is 19.4 Å². The quantitative estimate of drug-likeness (QED) is 0.723. The predicted octanol–water partition coefficient (Wildman–Crippen LogP) is 3.83. The highest BCUT2D eigenvalue weighted by Crippen LogP contribution is 2.41. The zero-order chi connectivity index (χ0) is 13.1. The van der Waals surface area contributed by atoms with E-state index in [4.69, 9.17) is 0 Å². The Bertz CT molecular complexity index is 263. The Morgan fingerprint density at radius 2 is 2.12 bits per heavy atom. The molecule has 0 spiro atoms. The standard InChI is InChI=1S/C14H26BrNO/c1-11(15)8-10-16(4)13(17)12-7-5-6-9-14(12,2)3/h11-12H,5-10H2,1-4H3. The Kier molecular flexibility index (Phi) is 5.49. The first-order valence-corrected chi connectivity index (χ1v) is 7.65. The van der Waals surface area contributed by atoms with Crippen LogP contribution in [0.1, 0.15) is 52.9 Å². The third-order valence-electron chi connectivity index (χ3n) is 4.04. The molecule has 17 heavy (non-hydrogen) atoms. The van der Waals surface area contributed by atoms with Gasteiger partial charge in [0, 0.05) is 24.3 Å². The minimum Gasteiger partial charge on any atom is -0.345 e. The molecule has 0 bridgehead atoms. The third kappa shape index (κ3) is 4.27. The second kappa shape index (κ2) is 6.21. The minimum atomic E-state index is 0.184. The first kappa shape index (κ1) is 15.0. The van der Waals surface area contributed by atoms with Gasteiger partial charge in [0.2, 0.25) is 5.91 Å². The van der Waals surface area contributed by atoms with Crippen molar-refractivity contribution >= 4 is 21.8 Å². The van der Waals surface area contributed by atoms with Gasteiger partial charge in [-0.15, -0.1) is 0 Å². The minimum absolute atomic E-state index is 0.184. The highest BCUT2D eigenvalue weighted by atomic mass is 79.9. The molecule has 1 amide bonds. The van der Waals surface area contributed by atoms with Gasteiger partial charge in [-0.2, -0.15) is 0 Å². The molecule has 100 valence electrons. The highest BCUT2D eigenvalue weighted by Gasteiger charge is 2.38. The van der Waals surface area contributed by atoms with E-state index in [1.807, 2.05) is 11.9 Å². The Balaban J connectivity index is 2.55. The lowest BCUT2D eigenvalue weighted by molar-refractivity contribution is -0.139. The average molecular weight is 304 g/mol. The molecule has 2 unspecified atom stereocenters. The van der Waals surface area contributed by atoms with Crippen LogP contribution in [-0.4, -0.2) is 29.2 Å². The fraction of sp³-hybridized carbons (Fsp3) is 0.929. The van der Waals surface area contributed by atoms with E-state index in [-0.39, 0.29) is 11.3 Å². The molecule has 1 rings (SSSR count). The molecule has 0 aromatic rings. The number of nitrogens with zero attached hydrogens (tertiary/aromatic N) is 1. The van der Waals surface area contributed by atoms with E-state index < -0.39 is 0 Å². The Morgan fingerprint density at radius 3 is 2.65 bits per heavy atom. The average Bonchev–Trinajstić information content (AvgIpc) is 2.24. The van der Waals surface area contributed by atoms with Crippen molar-refractivity contribution in [1.82, 2.24) is 4.90 Å². The summed E-state index contributed by atoms with van der Waals surface area (Å²) in [4.78, 5) is 14.8. The van der Waals surface area contributed by atoms with Crippen LogP contribution in [0.3, 0.4) is 0 Å². The molecule has 1 aliphatic carbocycles. The van der Waals surface area contributed by atoms with Crippen LogP contribution in [0.5, 0.6) is 0 Å². The number of hydrogen-bond acceptors (Lipinski definition) is 1. The monoisotopic (exact) mass is 303 g/mol.